The predicted molar refractivity (Wildman–Crippen MR) is 75.7 cm³/mol. The van der Waals surface area contributed by atoms with Crippen LogP contribution in [-0.2, 0) is 0 Å². The Morgan fingerprint density at radius 2 is 1.00 bits per heavy atom. The van der Waals surface area contributed by atoms with Crippen LogP contribution in [0.4, 0.5) is 11.4 Å². The number of rotatable bonds is 2. The maximum absolute atomic E-state index is 2.24. The SMILES string of the molecule is Cc1ccccc1[N+](C)(C)c1ccccc1C.[Br-]. The van der Waals surface area contributed by atoms with Crippen LogP contribution in [0.1, 0.15) is 11.1 Å². The molecule has 2 heteroatoms. The van der Waals surface area contributed by atoms with Crippen molar-refractivity contribution in [1.29, 1.82) is 0 Å². The van der Waals surface area contributed by atoms with Crippen LogP contribution in [-0.4, -0.2) is 14.1 Å². The van der Waals surface area contributed by atoms with Gasteiger partial charge in [-0.05, 0) is 26.0 Å². The van der Waals surface area contributed by atoms with Crippen molar-refractivity contribution in [2.24, 2.45) is 0 Å². The fourth-order valence-corrected chi connectivity index (χ4v) is 2.51. The summed E-state index contributed by atoms with van der Waals surface area (Å²) in [7, 11) is 4.48. The Bertz CT molecular complexity index is 485. The van der Waals surface area contributed by atoms with Crippen LogP contribution in [0.2, 0.25) is 0 Å². The monoisotopic (exact) mass is 305 g/mol. The predicted octanol–water partition coefficient (Wildman–Crippen LogP) is 1.21. The molecule has 0 aliphatic rings. The van der Waals surface area contributed by atoms with Crippen LogP contribution in [0.25, 0.3) is 0 Å². The minimum atomic E-state index is 0. The largest absolute Gasteiger partial charge is 1.00 e. The Labute approximate surface area is 120 Å². The van der Waals surface area contributed by atoms with Crippen molar-refractivity contribution in [3.8, 4) is 0 Å². The van der Waals surface area contributed by atoms with E-state index in [2.05, 4.69) is 76.5 Å². The Kier molecular flexibility index (Phi) is 4.71. The maximum atomic E-state index is 2.24. The number of quaternary nitrogens is 1. The molecule has 0 aromatic heterocycles. The van der Waals surface area contributed by atoms with Gasteiger partial charge in [0.1, 0.15) is 11.4 Å². The number of halogens is 1. The summed E-state index contributed by atoms with van der Waals surface area (Å²) in [4.78, 5) is 0. The highest BCUT2D eigenvalue weighted by molar-refractivity contribution is 5.63. The normalized spacial score (nSPS) is 10.9. The van der Waals surface area contributed by atoms with Gasteiger partial charge in [0.05, 0.1) is 14.1 Å². The summed E-state index contributed by atoms with van der Waals surface area (Å²) in [6.07, 6.45) is 0. The van der Waals surface area contributed by atoms with Gasteiger partial charge in [0.2, 0.25) is 0 Å². The summed E-state index contributed by atoms with van der Waals surface area (Å²) in [6.45, 7) is 4.35. The quantitative estimate of drug-likeness (QED) is 0.732. The van der Waals surface area contributed by atoms with E-state index in [4.69, 9.17) is 0 Å². The molecule has 1 nitrogen and oxygen atoms in total. The summed E-state index contributed by atoms with van der Waals surface area (Å²) < 4.78 is 0.791. The standard InChI is InChI=1S/C16H20N.BrH/c1-13-9-5-7-11-15(13)17(3,4)16-12-8-6-10-14(16)2;/h5-12H,1-4H3;1H/q+1;/p-1. The van der Waals surface area contributed by atoms with E-state index in [9.17, 15) is 0 Å². The molecule has 2 aromatic rings. The van der Waals surface area contributed by atoms with E-state index in [0.29, 0.717) is 0 Å². The smallest absolute Gasteiger partial charge is 0.140 e. The molecule has 0 saturated carbocycles. The van der Waals surface area contributed by atoms with Gasteiger partial charge in [0.25, 0.3) is 0 Å². The lowest BCUT2D eigenvalue weighted by atomic mass is 10.1. The minimum Gasteiger partial charge on any atom is -1.00 e. The molecule has 0 heterocycles. The van der Waals surface area contributed by atoms with Gasteiger partial charge in [-0.25, -0.2) is 0 Å². The highest BCUT2D eigenvalue weighted by Crippen LogP contribution is 2.34. The molecular formula is C16H20BrN. The van der Waals surface area contributed by atoms with E-state index in [1.807, 2.05) is 0 Å². The van der Waals surface area contributed by atoms with E-state index in [1.165, 1.54) is 22.5 Å². The molecule has 0 fully saturated rings. The van der Waals surface area contributed by atoms with Crippen molar-refractivity contribution in [2.75, 3.05) is 14.1 Å². The molecule has 0 bridgehead atoms. The second-order valence-electron chi connectivity index (χ2n) is 5.03. The van der Waals surface area contributed by atoms with E-state index in [-0.39, 0.29) is 17.0 Å². The van der Waals surface area contributed by atoms with Crippen LogP contribution in [0.3, 0.4) is 0 Å². The van der Waals surface area contributed by atoms with Crippen molar-refractivity contribution >= 4 is 11.4 Å². The fraction of sp³-hybridized carbons (Fsp3) is 0.250. The first-order valence-electron chi connectivity index (χ1n) is 6.00. The van der Waals surface area contributed by atoms with Gasteiger partial charge in [-0.1, -0.05) is 36.4 Å². The average molecular weight is 306 g/mol. The highest BCUT2D eigenvalue weighted by atomic mass is 79.9. The first-order chi connectivity index (χ1) is 8.03. The second kappa shape index (κ2) is 5.68. The summed E-state index contributed by atoms with van der Waals surface area (Å²) in [5, 5.41) is 0. The summed E-state index contributed by atoms with van der Waals surface area (Å²) in [5.41, 5.74) is 5.37. The first-order valence-corrected chi connectivity index (χ1v) is 6.00. The Morgan fingerprint density at radius 1 is 0.667 bits per heavy atom. The third kappa shape index (κ3) is 2.65. The molecule has 0 spiro atoms. The van der Waals surface area contributed by atoms with Gasteiger partial charge in [0, 0.05) is 11.1 Å². The van der Waals surface area contributed by atoms with Crippen LogP contribution in [0, 0.1) is 13.8 Å². The molecule has 96 valence electrons. The van der Waals surface area contributed by atoms with Crippen molar-refractivity contribution in [3.63, 3.8) is 0 Å². The molecule has 0 aliphatic carbocycles. The Morgan fingerprint density at radius 3 is 1.33 bits per heavy atom. The molecule has 0 N–H and O–H groups in total. The lowest BCUT2D eigenvalue weighted by Gasteiger charge is -2.31. The number of aryl methyl sites for hydroxylation is 2. The van der Waals surface area contributed by atoms with Crippen molar-refractivity contribution in [3.05, 3.63) is 59.7 Å². The number of benzene rings is 2. The van der Waals surface area contributed by atoms with Gasteiger partial charge < -0.3 is 17.0 Å². The zero-order valence-electron chi connectivity index (χ0n) is 11.4. The average Bonchev–Trinajstić information content (AvgIpc) is 2.29. The van der Waals surface area contributed by atoms with Crippen LogP contribution in [0.5, 0.6) is 0 Å². The number of hydrogen-bond acceptors (Lipinski definition) is 0. The van der Waals surface area contributed by atoms with Crippen LogP contribution < -0.4 is 21.5 Å². The fourth-order valence-electron chi connectivity index (χ4n) is 2.51. The van der Waals surface area contributed by atoms with Crippen molar-refractivity contribution in [1.82, 2.24) is 4.48 Å². The molecule has 2 rings (SSSR count). The minimum absolute atomic E-state index is 0. The van der Waals surface area contributed by atoms with E-state index >= 15 is 0 Å². The molecule has 0 amide bonds. The molecule has 0 atom stereocenters. The Hall–Kier alpha value is -1.12. The summed E-state index contributed by atoms with van der Waals surface area (Å²) in [6, 6.07) is 17.2. The zero-order valence-corrected chi connectivity index (χ0v) is 13.0. The molecule has 0 unspecified atom stereocenters. The summed E-state index contributed by atoms with van der Waals surface area (Å²) in [5.74, 6) is 0. The van der Waals surface area contributed by atoms with E-state index in [1.54, 1.807) is 0 Å². The second-order valence-corrected chi connectivity index (χ2v) is 5.03. The van der Waals surface area contributed by atoms with Gasteiger partial charge >= 0.3 is 0 Å². The molecule has 0 aliphatic heterocycles. The molecule has 18 heavy (non-hydrogen) atoms. The lowest BCUT2D eigenvalue weighted by molar-refractivity contribution is -0.00000367. The van der Waals surface area contributed by atoms with Gasteiger partial charge in [-0.15, -0.1) is 0 Å². The third-order valence-electron chi connectivity index (χ3n) is 3.44. The van der Waals surface area contributed by atoms with Gasteiger partial charge in [-0.2, -0.15) is 0 Å². The van der Waals surface area contributed by atoms with Gasteiger partial charge in [0.15, 0.2) is 0 Å². The van der Waals surface area contributed by atoms with Crippen molar-refractivity contribution < 1.29 is 17.0 Å². The molecule has 0 radical (unpaired) electrons. The zero-order chi connectivity index (χ0) is 12.5. The molecule has 0 saturated heterocycles. The van der Waals surface area contributed by atoms with E-state index < -0.39 is 0 Å². The van der Waals surface area contributed by atoms with Gasteiger partial charge in [-0.3, -0.25) is 4.48 Å². The number of hydrogen-bond donors (Lipinski definition) is 0. The maximum Gasteiger partial charge on any atom is 0.140 e. The number of para-hydroxylation sites is 2. The molecule has 2 aromatic carbocycles. The first kappa shape index (κ1) is 14.9. The van der Waals surface area contributed by atoms with Crippen LogP contribution >= 0.6 is 0 Å². The number of nitrogens with zero attached hydrogens (tertiary/aromatic N) is 1. The van der Waals surface area contributed by atoms with Crippen molar-refractivity contribution in [2.45, 2.75) is 13.8 Å². The highest BCUT2D eigenvalue weighted by Gasteiger charge is 2.25. The lowest BCUT2D eigenvalue weighted by Crippen LogP contribution is -3.00. The Balaban J connectivity index is 0.00000162. The topological polar surface area (TPSA) is 0 Å². The molecular weight excluding hydrogens is 286 g/mol. The third-order valence-corrected chi connectivity index (χ3v) is 3.44. The van der Waals surface area contributed by atoms with Crippen LogP contribution in [0.15, 0.2) is 48.5 Å². The van der Waals surface area contributed by atoms with E-state index in [0.717, 1.165) is 4.48 Å². The summed E-state index contributed by atoms with van der Waals surface area (Å²) >= 11 is 0.